The minimum absolute atomic E-state index is 0. The van der Waals surface area contributed by atoms with Crippen molar-refractivity contribution in [2.45, 2.75) is 33.4 Å². The molecule has 0 radical (unpaired) electrons. The molecule has 24 heavy (non-hydrogen) atoms. The van der Waals surface area contributed by atoms with Crippen LogP contribution in [0.15, 0.2) is 29.3 Å². The van der Waals surface area contributed by atoms with E-state index in [2.05, 4.69) is 36.4 Å². The van der Waals surface area contributed by atoms with Gasteiger partial charge in [-0.25, -0.2) is 0 Å². The van der Waals surface area contributed by atoms with Crippen molar-refractivity contribution in [2.24, 2.45) is 10.4 Å². The highest BCUT2D eigenvalue weighted by Gasteiger charge is 2.24. The van der Waals surface area contributed by atoms with E-state index in [1.165, 1.54) is 12.1 Å². The molecule has 7 nitrogen and oxygen atoms in total. The molecule has 136 valence electrons. The summed E-state index contributed by atoms with van der Waals surface area (Å²) in [6, 6.07) is 6.44. The smallest absolute Gasteiger partial charge is 0.269 e. The molecule has 1 atom stereocenters. The third-order valence-corrected chi connectivity index (χ3v) is 3.54. The lowest BCUT2D eigenvalue weighted by molar-refractivity contribution is -0.384. The largest absolute Gasteiger partial charge is 0.379 e. The number of benzene rings is 1. The first-order valence-electron chi connectivity index (χ1n) is 7.48. The molecular weight excluding hydrogens is 423 g/mol. The maximum Gasteiger partial charge on any atom is 0.269 e. The topological polar surface area (TPSA) is 88.8 Å². The number of hydrogen-bond donors (Lipinski definition) is 2. The van der Waals surface area contributed by atoms with Crippen LogP contribution in [0.1, 0.15) is 26.3 Å². The van der Waals surface area contributed by atoms with Crippen LogP contribution in [-0.4, -0.2) is 37.7 Å². The van der Waals surface area contributed by atoms with Crippen molar-refractivity contribution >= 4 is 35.6 Å². The summed E-state index contributed by atoms with van der Waals surface area (Å²) in [4.78, 5) is 14.4. The van der Waals surface area contributed by atoms with E-state index in [1.54, 1.807) is 26.3 Å². The standard InChI is InChI=1S/C16H26N4O3.HI/c1-16(2,3)14(23-5)11-19-15(17-4)18-10-12-6-8-13(9-7-12)20(21)22;/h6-9,14H,10-11H2,1-5H3,(H2,17,18,19);1H. The Morgan fingerprint density at radius 1 is 1.29 bits per heavy atom. The second-order valence-corrected chi connectivity index (χ2v) is 6.32. The maximum atomic E-state index is 10.6. The van der Waals surface area contributed by atoms with Gasteiger partial charge in [0.2, 0.25) is 0 Å². The number of rotatable bonds is 6. The number of guanidine groups is 1. The number of methoxy groups -OCH3 is 1. The highest BCUT2D eigenvalue weighted by atomic mass is 127. The fraction of sp³-hybridized carbons (Fsp3) is 0.562. The number of nitro groups is 1. The van der Waals surface area contributed by atoms with E-state index in [-0.39, 0.29) is 41.2 Å². The van der Waals surface area contributed by atoms with Crippen molar-refractivity contribution in [1.29, 1.82) is 0 Å². The van der Waals surface area contributed by atoms with Gasteiger partial charge in [-0.15, -0.1) is 24.0 Å². The Balaban J connectivity index is 0.00000529. The minimum atomic E-state index is -0.408. The number of non-ortho nitro benzene ring substituents is 1. The lowest BCUT2D eigenvalue weighted by Crippen LogP contribution is -2.45. The van der Waals surface area contributed by atoms with E-state index < -0.39 is 4.92 Å². The number of nitrogens with one attached hydrogen (secondary N) is 2. The molecule has 0 saturated heterocycles. The molecule has 0 aliphatic carbocycles. The number of nitrogens with zero attached hydrogens (tertiary/aromatic N) is 2. The van der Waals surface area contributed by atoms with Crippen LogP contribution in [0.25, 0.3) is 0 Å². The third-order valence-electron chi connectivity index (χ3n) is 3.54. The van der Waals surface area contributed by atoms with E-state index in [4.69, 9.17) is 4.74 Å². The van der Waals surface area contributed by atoms with Gasteiger partial charge in [-0.2, -0.15) is 0 Å². The SMILES string of the molecule is CN=C(NCc1ccc([N+](=O)[O-])cc1)NCC(OC)C(C)(C)C.I. The van der Waals surface area contributed by atoms with E-state index in [0.717, 1.165) is 5.56 Å². The monoisotopic (exact) mass is 450 g/mol. The van der Waals surface area contributed by atoms with E-state index in [0.29, 0.717) is 19.0 Å². The molecule has 0 amide bonds. The Kier molecular flexibility index (Phi) is 9.83. The fourth-order valence-electron chi connectivity index (χ4n) is 2.07. The van der Waals surface area contributed by atoms with Crippen molar-refractivity contribution < 1.29 is 9.66 Å². The molecule has 1 unspecified atom stereocenters. The van der Waals surface area contributed by atoms with Crippen LogP contribution >= 0.6 is 24.0 Å². The van der Waals surface area contributed by atoms with Crippen molar-refractivity contribution in [3.05, 3.63) is 39.9 Å². The van der Waals surface area contributed by atoms with Gasteiger partial charge in [-0.05, 0) is 11.0 Å². The summed E-state index contributed by atoms with van der Waals surface area (Å²) in [6.07, 6.45) is 0.0559. The predicted molar refractivity (Wildman–Crippen MR) is 107 cm³/mol. The highest BCUT2D eigenvalue weighted by Crippen LogP contribution is 2.20. The number of nitro benzene ring substituents is 1. The molecule has 0 fully saturated rings. The van der Waals surface area contributed by atoms with Gasteiger partial charge in [0.25, 0.3) is 5.69 Å². The van der Waals surface area contributed by atoms with Gasteiger partial charge < -0.3 is 15.4 Å². The third kappa shape index (κ3) is 7.43. The van der Waals surface area contributed by atoms with E-state index in [9.17, 15) is 10.1 Å². The zero-order chi connectivity index (χ0) is 17.5. The molecule has 0 aliphatic rings. The van der Waals surface area contributed by atoms with Crippen molar-refractivity contribution in [3.63, 3.8) is 0 Å². The molecule has 0 spiro atoms. The van der Waals surface area contributed by atoms with Crippen LogP contribution in [0, 0.1) is 15.5 Å². The maximum absolute atomic E-state index is 10.6. The second-order valence-electron chi connectivity index (χ2n) is 6.32. The first-order valence-corrected chi connectivity index (χ1v) is 7.48. The van der Waals surface area contributed by atoms with Crippen LogP contribution < -0.4 is 10.6 Å². The zero-order valence-electron chi connectivity index (χ0n) is 14.8. The van der Waals surface area contributed by atoms with Gasteiger partial charge in [-0.3, -0.25) is 15.1 Å². The average molecular weight is 450 g/mol. The lowest BCUT2D eigenvalue weighted by atomic mass is 9.89. The summed E-state index contributed by atoms with van der Waals surface area (Å²) >= 11 is 0. The lowest BCUT2D eigenvalue weighted by Gasteiger charge is -2.30. The molecule has 0 aliphatic heterocycles. The van der Waals surface area contributed by atoms with Gasteiger partial charge in [-0.1, -0.05) is 32.9 Å². The first kappa shape index (κ1) is 22.6. The molecule has 0 saturated carbocycles. The molecule has 1 aromatic rings. The number of hydrogen-bond acceptors (Lipinski definition) is 4. The van der Waals surface area contributed by atoms with Gasteiger partial charge in [0, 0.05) is 39.4 Å². The van der Waals surface area contributed by atoms with Crippen molar-refractivity contribution in [2.75, 3.05) is 20.7 Å². The summed E-state index contributed by atoms with van der Waals surface area (Å²) < 4.78 is 5.50. The van der Waals surface area contributed by atoms with Crippen LogP contribution in [0.5, 0.6) is 0 Å². The molecular formula is C16H27IN4O3. The minimum Gasteiger partial charge on any atom is -0.379 e. The fourth-order valence-corrected chi connectivity index (χ4v) is 2.07. The Bertz CT molecular complexity index is 541. The molecule has 0 aromatic heterocycles. The summed E-state index contributed by atoms with van der Waals surface area (Å²) in [5.74, 6) is 0.662. The quantitative estimate of drug-likeness (QED) is 0.229. The van der Waals surface area contributed by atoms with E-state index in [1.807, 2.05) is 0 Å². The molecule has 1 aromatic carbocycles. The van der Waals surface area contributed by atoms with Crippen LogP contribution in [0.4, 0.5) is 5.69 Å². The predicted octanol–water partition coefficient (Wildman–Crippen LogP) is 2.94. The molecule has 2 N–H and O–H groups in total. The number of ether oxygens (including phenoxy) is 1. The molecule has 0 bridgehead atoms. The Morgan fingerprint density at radius 3 is 2.29 bits per heavy atom. The van der Waals surface area contributed by atoms with E-state index >= 15 is 0 Å². The zero-order valence-corrected chi connectivity index (χ0v) is 17.2. The number of halogens is 1. The summed E-state index contributed by atoms with van der Waals surface area (Å²) in [5, 5.41) is 17.0. The molecule has 0 heterocycles. The summed E-state index contributed by atoms with van der Waals surface area (Å²) in [5.41, 5.74) is 1.06. The first-order chi connectivity index (χ1) is 10.8. The Hall–Kier alpha value is -1.42. The molecule has 1 rings (SSSR count). The average Bonchev–Trinajstić information content (AvgIpc) is 2.50. The summed E-state index contributed by atoms with van der Waals surface area (Å²) in [6.45, 7) is 7.53. The normalized spacial score (nSPS) is 13.0. The Labute approximate surface area is 160 Å². The van der Waals surface area contributed by atoms with Gasteiger partial charge in [0.1, 0.15) is 0 Å². The number of aliphatic imine (C=N–C) groups is 1. The van der Waals surface area contributed by atoms with Crippen LogP contribution in [0.2, 0.25) is 0 Å². The van der Waals surface area contributed by atoms with Gasteiger partial charge >= 0.3 is 0 Å². The second kappa shape index (κ2) is 10.4. The van der Waals surface area contributed by atoms with Crippen molar-refractivity contribution in [1.82, 2.24) is 10.6 Å². The molecule has 8 heteroatoms. The summed E-state index contributed by atoms with van der Waals surface area (Å²) in [7, 11) is 3.40. The van der Waals surface area contributed by atoms with Crippen molar-refractivity contribution in [3.8, 4) is 0 Å². The van der Waals surface area contributed by atoms with Crippen LogP contribution in [0.3, 0.4) is 0 Å². The van der Waals surface area contributed by atoms with Gasteiger partial charge in [0.05, 0.1) is 11.0 Å². The van der Waals surface area contributed by atoms with Crippen LogP contribution in [-0.2, 0) is 11.3 Å². The van der Waals surface area contributed by atoms with Gasteiger partial charge in [0.15, 0.2) is 5.96 Å². The highest BCUT2D eigenvalue weighted by molar-refractivity contribution is 14.0. The Morgan fingerprint density at radius 2 is 1.88 bits per heavy atom.